The highest BCUT2D eigenvalue weighted by Crippen LogP contribution is 2.29. The molecule has 0 saturated carbocycles. The number of pyridine rings is 1. The van der Waals surface area contributed by atoms with Gasteiger partial charge in [0.2, 0.25) is 0 Å². The van der Waals surface area contributed by atoms with Crippen molar-refractivity contribution in [2.45, 2.75) is 33.5 Å². The molecule has 2 rings (SSSR count). The van der Waals surface area contributed by atoms with Gasteiger partial charge >= 0.3 is 0 Å². The summed E-state index contributed by atoms with van der Waals surface area (Å²) in [5.74, 6) is -0.445. The number of aromatic nitrogens is 2. The molecule has 0 bridgehead atoms. The average Bonchev–Trinajstić information content (AvgIpc) is 3.06. The number of ketones is 2. The molecule has 2 heterocycles. The Kier molecular flexibility index (Phi) is 6.13. The Balaban J connectivity index is 2.44. The van der Waals surface area contributed by atoms with Crippen LogP contribution in [0.15, 0.2) is 60.6 Å². The number of aliphatic hydroxyl groups is 1. The van der Waals surface area contributed by atoms with Crippen molar-refractivity contribution in [1.82, 2.24) is 14.5 Å². The molecule has 0 aliphatic rings. The molecule has 0 aliphatic heterocycles. The number of likely N-dealkylation sites (N-methyl/N-ethyl adjacent to an activating group) is 1. The molecular weight excluding hydrogens is 342 g/mol. The van der Waals surface area contributed by atoms with Gasteiger partial charge in [-0.15, -0.1) is 0 Å². The highest BCUT2D eigenvalue weighted by molar-refractivity contribution is 6.10. The molecule has 0 fully saturated rings. The van der Waals surface area contributed by atoms with E-state index in [1.165, 1.54) is 13.0 Å². The van der Waals surface area contributed by atoms with Gasteiger partial charge in [0.25, 0.3) is 0 Å². The first-order valence-corrected chi connectivity index (χ1v) is 8.58. The van der Waals surface area contributed by atoms with Crippen LogP contribution in [0.2, 0.25) is 0 Å². The first-order chi connectivity index (χ1) is 12.7. The van der Waals surface area contributed by atoms with E-state index in [1.54, 1.807) is 30.9 Å². The molecule has 0 radical (unpaired) electrons. The Morgan fingerprint density at radius 1 is 1.33 bits per heavy atom. The summed E-state index contributed by atoms with van der Waals surface area (Å²) >= 11 is 0. The lowest BCUT2D eigenvalue weighted by molar-refractivity contribution is -0.115. The van der Waals surface area contributed by atoms with E-state index in [9.17, 15) is 14.7 Å². The van der Waals surface area contributed by atoms with E-state index in [2.05, 4.69) is 18.1 Å². The quantitative estimate of drug-likeness (QED) is 0.573. The molecule has 6 heteroatoms. The zero-order chi connectivity index (χ0) is 20.3. The molecule has 0 aromatic carbocycles. The van der Waals surface area contributed by atoms with Gasteiger partial charge in [0, 0.05) is 37.3 Å². The maximum Gasteiger partial charge on any atom is 0.187 e. The maximum absolute atomic E-state index is 12.2. The van der Waals surface area contributed by atoms with Crippen molar-refractivity contribution in [1.29, 1.82) is 0 Å². The van der Waals surface area contributed by atoms with Crippen molar-refractivity contribution in [2.75, 3.05) is 7.05 Å². The predicted octanol–water partition coefficient (Wildman–Crippen LogP) is 3.15. The fraction of sp³-hybridized carbons (Fsp3) is 0.286. The molecule has 1 atom stereocenters. The Labute approximate surface area is 159 Å². The molecule has 0 spiro atoms. The molecule has 6 nitrogen and oxygen atoms in total. The number of aliphatic hydroxyl groups excluding tert-OH is 1. The second kappa shape index (κ2) is 8.14. The van der Waals surface area contributed by atoms with Gasteiger partial charge in [0.1, 0.15) is 12.4 Å². The Morgan fingerprint density at radius 3 is 2.56 bits per heavy atom. The van der Waals surface area contributed by atoms with Crippen LogP contribution in [0.5, 0.6) is 0 Å². The highest BCUT2D eigenvalue weighted by atomic mass is 16.3. The first-order valence-electron chi connectivity index (χ1n) is 8.58. The van der Waals surface area contributed by atoms with Crippen molar-refractivity contribution >= 4 is 22.6 Å². The molecule has 0 amide bonds. The SMILES string of the molecule is C=C(C)C(=O)C(=C)/C=C(/C(C)=O)N(C)C(C)c1ccnc2c1ccn2CO. The number of rotatable bonds is 8. The zero-order valence-corrected chi connectivity index (χ0v) is 16.2. The number of carbonyl (C=O) groups is 2. The van der Waals surface area contributed by atoms with Crippen LogP contribution in [-0.2, 0) is 16.3 Å². The molecule has 1 unspecified atom stereocenters. The number of hydrogen-bond donors (Lipinski definition) is 1. The summed E-state index contributed by atoms with van der Waals surface area (Å²) in [5, 5.41) is 10.3. The third-order valence-corrected chi connectivity index (χ3v) is 4.61. The lowest BCUT2D eigenvalue weighted by Crippen LogP contribution is -2.26. The van der Waals surface area contributed by atoms with Crippen LogP contribution in [0, 0.1) is 0 Å². The van der Waals surface area contributed by atoms with Crippen LogP contribution >= 0.6 is 0 Å². The molecule has 0 saturated heterocycles. The van der Waals surface area contributed by atoms with Gasteiger partial charge in [-0.1, -0.05) is 13.2 Å². The summed E-state index contributed by atoms with van der Waals surface area (Å²) in [6, 6.07) is 3.60. The van der Waals surface area contributed by atoms with Crippen molar-refractivity contribution in [2.24, 2.45) is 0 Å². The van der Waals surface area contributed by atoms with E-state index in [4.69, 9.17) is 0 Å². The maximum atomic E-state index is 12.2. The van der Waals surface area contributed by atoms with Crippen LogP contribution in [0.1, 0.15) is 32.4 Å². The van der Waals surface area contributed by atoms with E-state index in [-0.39, 0.29) is 29.9 Å². The lowest BCUT2D eigenvalue weighted by atomic mass is 10.0. The fourth-order valence-corrected chi connectivity index (χ4v) is 2.96. The summed E-state index contributed by atoms with van der Waals surface area (Å²) in [6.45, 7) is 12.3. The molecule has 2 aromatic heterocycles. The third-order valence-electron chi connectivity index (χ3n) is 4.61. The molecule has 2 aromatic rings. The fourth-order valence-electron chi connectivity index (χ4n) is 2.96. The molecule has 0 aliphatic carbocycles. The number of fused-ring (bicyclic) bond motifs is 1. The van der Waals surface area contributed by atoms with Crippen LogP contribution in [0.3, 0.4) is 0 Å². The largest absolute Gasteiger partial charge is 0.376 e. The van der Waals surface area contributed by atoms with Crippen LogP contribution < -0.4 is 0 Å². The minimum absolute atomic E-state index is 0.161. The zero-order valence-electron chi connectivity index (χ0n) is 16.2. The number of Topliss-reactive ketones (excluding diaryl/α,β-unsaturated/α-hetero) is 2. The van der Waals surface area contributed by atoms with Gasteiger partial charge in [-0.05, 0) is 43.2 Å². The lowest BCUT2D eigenvalue weighted by Gasteiger charge is -2.29. The highest BCUT2D eigenvalue weighted by Gasteiger charge is 2.21. The second-order valence-corrected chi connectivity index (χ2v) is 6.57. The number of hydrogen-bond acceptors (Lipinski definition) is 5. The Hall–Kier alpha value is -2.99. The molecule has 1 N–H and O–H groups in total. The van der Waals surface area contributed by atoms with Gasteiger partial charge in [-0.2, -0.15) is 0 Å². The normalized spacial score (nSPS) is 12.7. The van der Waals surface area contributed by atoms with E-state index in [1.807, 2.05) is 24.0 Å². The van der Waals surface area contributed by atoms with E-state index in [0.29, 0.717) is 16.9 Å². The molecular formula is C21H25N3O3. The van der Waals surface area contributed by atoms with E-state index < -0.39 is 0 Å². The summed E-state index contributed by atoms with van der Waals surface area (Å²) in [4.78, 5) is 30.4. The van der Waals surface area contributed by atoms with Crippen molar-refractivity contribution in [3.05, 3.63) is 66.2 Å². The summed E-state index contributed by atoms with van der Waals surface area (Å²) < 4.78 is 1.64. The van der Waals surface area contributed by atoms with Crippen LogP contribution in [-0.4, -0.2) is 38.2 Å². The average molecular weight is 367 g/mol. The van der Waals surface area contributed by atoms with Crippen LogP contribution in [0.4, 0.5) is 0 Å². The Morgan fingerprint density at radius 2 is 2.00 bits per heavy atom. The standard InChI is InChI=1S/C21H25N3O3/c1-13(2)20(27)14(3)11-19(16(5)26)23(6)15(4)17-7-9-22-21-18(17)8-10-24(21)12-25/h7-11,15,25H,1,3,12H2,2,4-6H3/b19-11-. The van der Waals surface area contributed by atoms with Crippen molar-refractivity contribution in [3.8, 4) is 0 Å². The third kappa shape index (κ3) is 4.06. The topological polar surface area (TPSA) is 75.4 Å². The summed E-state index contributed by atoms with van der Waals surface area (Å²) in [7, 11) is 1.80. The van der Waals surface area contributed by atoms with Crippen molar-refractivity contribution in [3.63, 3.8) is 0 Å². The second-order valence-electron chi connectivity index (χ2n) is 6.57. The van der Waals surface area contributed by atoms with Gasteiger partial charge < -0.3 is 14.6 Å². The number of nitrogens with zero attached hydrogens (tertiary/aromatic N) is 3. The predicted molar refractivity (Wildman–Crippen MR) is 106 cm³/mol. The van der Waals surface area contributed by atoms with E-state index >= 15 is 0 Å². The summed E-state index contributed by atoms with van der Waals surface area (Å²) in [5.41, 5.74) is 2.60. The molecule has 27 heavy (non-hydrogen) atoms. The Bertz CT molecular complexity index is 953. The minimum Gasteiger partial charge on any atom is -0.376 e. The van der Waals surface area contributed by atoms with Gasteiger partial charge in [-0.25, -0.2) is 4.98 Å². The summed E-state index contributed by atoms with van der Waals surface area (Å²) in [6.07, 6.45) is 4.95. The molecule has 142 valence electrons. The smallest absolute Gasteiger partial charge is 0.187 e. The van der Waals surface area contributed by atoms with Gasteiger partial charge in [0.05, 0.1) is 11.7 Å². The van der Waals surface area contributed by atoms with Gasteiger partial charge in [-0.3, -0.25) is 9.59 Å². The van der Waals surface area contributed by atoms with Crippen LogP contribution in [0.25, 0.3) is 11.0 Å². The number of carbonyl (C=O) groups excluding carboxylic acids is 2. The monoisotopic (exact) mass is 367 g/mol. The van der Waals surface area contributed by atoms with E-state index in [0.717, 1.165) is 10.9 Å². The number of allylic oxidation sites excluding steroid dienone is 4. The first kappa shape index (κ1) is 20.3. The van der Waals surface area contributed by atoms with Gasteiger partial charge in [0.15, 0.2) is 11.6 Å². The minimum atomic E-state index is -0.277. The van der Waals surface area contributed by atoms with Crippen molar-refractivity contribution < 1.29 is 14.7 Å².